The fourth-order valence-electron chi connectivity index (χ4n) is 1.36. The molecule has 0 amide bonds. The predicted octanol–water partition coefficient (Wildman–Crippen LogP) is 1.81. The first kappa shape index (κ1) is 11.4. The summed E-state index contributed by atoms with van der Waals surface area (Å²) in [6.45, 7) is 6.12. The van der Waals surface area contributed by atoms with E-state index in [9.17, 15) is 0 Å². The molecule has 0 saturated heterocycles. The van der Waals surface area contributed by atoms with Crippen LogP contribution in [-0.4, -0.2) is 19.9 Å². The number of hydrogen-bond acceptors (Lipinski definition) is 5. The minimum Gasteiger partial charge on any atom is -0.368 e. The van der Waals surface area contributed by atoms with E-state index in [-0.39, 0.29) is 11.4 Å². The van der Waals surface area contributed by atoms with Crippen molar-refractivity contribution in [3.63, 3.8) is 0 Å². The lowest BCUT2D eigenvalue weighted by molar-refractivity contribution is 0.544. The molecule has 0 aliphatic carbocycles. The SMILES string of the molecule is CC(C)(C)c1nc(N)nc(-c2ccncc2)n1. The molecule has 0 radical (unpaired) electrons. The summed E-state index contributed by atoms with van der Waals surface area (Å²) in [6, 6.07) is 3.70. The van der Waals surface area contributed by atoms with Gasteiger partial charge in [0.25, 0.3) is 0 Å². The topological polar surface area (TPSA) is 77.6 Å². The van der Waals surface area contributed by atoms with Crippen LogP contribution in [0.25, 0.3) is 11.4 Å². The molecule has 0 spiro atoms. The van der Waals surface area contributed by atoms with Gasteiger partial charge >= 0.3 is 0 Å². The number of nitrogens with two attached hydrogens (primary N) is 1. The predicted molar refractivity (Wildman–Crippen MR) is 66.2 cm³/mol. The molecule has 0 bridgehead atoms. The summed E-state index contributed by atoms with van der Waals surface area (Å²) in [5.41, 5.74) is 6.45. The maximum atomic E-state index is 5.72. The maximum Gasteiger partial charge on any atom is 0.223 e. The second kappa shape index (κ2) is 4.08. The quantitative estimate of drug-likeness (QED) is 0.807. The fraction of sp³-hybridized carbons (Fsp3) is 0.333. The van der Waals surface area contributed by atoms with E-state index in [2.05, 4.69) is 19.9 Å². The van der Waals surface area contributed by atoms with E-state index >= 15 is 0 Å². The van der Waals surface area contributed by atoms with Crippen LogP contribution in [0.2, 0.25) is 0 Å². The molecule has 17 heavy (non-hydrogen) atoms. The number of anilines is 1. The van der Waals surface area contributed by atoms with E-state index in [1.807, 2.05) is 32.9 Å². The summed E-state index contributed by atoms with van der Waals surface area (Å²) >= 11 is 0. The summed E-state index contributed by atoms with van der Waals surface area (Å²) in [7, 11) is 0. The third-order valence-electron chi connectivity index (χ3n) is 2.26. The van der Waals surface area contributed by atoms with Crippen molar-refractivity contribution in [1.82, 2.24) is 19.9 Å². The number of nitrogen functional groups attached to an aromatic ring is 1. The zero-order valence-electron chi connectivity index (χ0n) is 10.2. The van der Waals surface area contributed by atoms with E-state index in [1.165, 1.54) is 0 Å². The highest BCUT2D eigenvalue weighted by Gasteiger charge is 2.19. The molecule has 88 valence electrons. The number of hydrogen-bond donors (Lipinski definition) is 1. The van der Waals surface area contributed by atoms with Crippen molar-refractivity contribution in [3.05, 3.63) is 30.4 Å². The zero-order valence-corrected chi connectivity index (χ0v) is 10.2. The number of rotatable bonds is 1. The summed E-state index contributed by atoms with van der Waals surface area (Å²) < 4.78 is 0. The molecule has 0 fully saturated rings. The van der Waals surface area contributed by atoms with Crippen LogP contribution in [0.15, 0.2) is 24.5 Å². The fourth-order valence-corrected chi connectivity index (χ4v) is 1.36. The van der Waals surface area contributed by atoms with Crippen molar-refractivity contribution < 1.29 is 0 Å². The molecule has 0 unspecified atom stereocenters. The van der Waals surface area contributed by atoms with E-state index in [1.54, 1.807) is 12.4 Å². The molecule has 2 heterocycles. The second-order valence-electron chi connectivity index (χ2n) is 4.83. The van der Waals surface area contributed by atoms with Crippen molar-refractivity contribution in [2.75, 3.05) is 5.73 Å². The van der Waals surface area contributed by atoms with Crippen LogP contribution >= 0.6 is 0 Å². The zero-order chi connectivity index (χ0) is 12.5. The van der Waals surface area contributed by atoms with Gasteiger partial charge < -0.3 is 5.73 Å². The van der Waals surface area contributed by atoms with E-state index in [4.69, 9.17) is 5.73 Å². The van der Waals surface area contributed by atoms with Crippen LogP contribution in [0.4, 0.5) is 5.95 Å². The Hall–Kier alpha value is -2.04. The summed E-state index contributed by atoms with van der Waals surface area (Å²) in [6.07, 6.45) is 3.40. The molecule has 0 atom stereocenters. The molecule has 5 heteroatoms. The third-order valence-corrected chi connectivity index (χ3v) is 2.26. The van der Waals surface area contributed by atoms with Crippen LogP contribution in [0, 0.1) is 0 Å². The van der Waals surface area contributed by atoms with Gasteiger partial charge in [0, 0.05) is 23.4 Å². The minimum atomic E-state index is -0.154. The van der Waals surface area contributed by atoms with Gasteiger partial charge in [-0.1, -0.05) is 20.8 Å². The molecule has 2 aromatic rings. The van der Waals surface area contributed by atoms with Crippen molar-refractivity contribution in [2.24, 2.45) is 0 Å². The summed E-state index contributed by atoms with van der Waals surface area (Å²) in [4.78, 5) is 16.7. The molecule has 0 aromatic carbocycles. The first-order valence-electron chi connectivity index (χ1n) is 5.39. The minimum absolute atomic E-state index is 0.154. The highest BCUT2D eigenvalue weighted by molar-refractivity contribution is 5.54. The van der Waals surface area contributed by atoms with Crippen molar-refractivity contribution in [3.8, 4) is 11.4 Å². The van der Waals surface area contributed by atoms with Gasteiger partial charge in [-0.25, -0.2) is 4.98 Å². The average Bonchev–Trinajstić information content (AvgIpc) is 2.28. The summed E-state index contributed by atoms with van der Waals surface area (Å²) in [5.74, 6) is 1.53. The van der Waals surface area contributed by atoms with Crippen LogP contribution < -0.4 is 5.73 Å². The van der Waals surface area contributed by atoms with Gasteiger partial charge in [0.1, 0.15) is 5.82 Å². The van der Waals surface area contributed by atoms with E-state index < -0.39 is 0 Å². The van der Waals surface area contributed by atoms with Crippen molar-refractivity contribution in [1.29, 1.82) is 0 Å². The standard InChI is InChI=1S/C12H15N5/c1-12(2,3)10-15-9(16-11(13)17-10)8-4-6-14-7-5-8/h4-7H,1-3H3,(H2,13,15,16,17). The Morgan fingerprint density at radius 3 is 2.24 bits per heavy atom. The molecular formula is C12H15N5. The van der Waals surface area contributed by atoms with Crippen LogP contribution in [0.3, 0.4) is 0 Å². The molecule has 2 aromatic heterocycles. The largest absolute Gasteiger partial charge is 0.368 e. The molecule has 5 nitrogen and oxygen atoms in total. The first-order valence-corrected chi connectivity index (χ1v) is 5.39. The van der Waals surface area contributed by atoms with Crippen molar-refractivity contribution >= 4 is 5.95 Å². The maximum absolute atomic E-state index is 5.72. The molecule has 2 rings (SSSR count). The number of aromatic nitrogens is 4. The molecule has 0 aliphatic rings. The van der Waals surface area contributed by atoms with Gasteiger partial charge in [-0.2, -0.15) is 9.97 Å². The lowest BCUT2D eigenvalue weighted by Gasteiger charge is -2.17. The van der Waals surface area contributed by atoms with Crippen LogP contribution in [-0.2, 0) is 5.41 Å². The van der Waals surface area contributed by atoms with Gasteiger partial charge in [0.15, 0.2) is 5.82 Å². The lowest BCUT2D eigenvalue weighted by atomic mass is 9.96. The highest BCUT2D eigenvalue weighted by atomic mass is 15.1. The first-order chi connectivity index (χ1) is 7.97. The number of pyridine rings is 1. The van der Waals surface area contributed by atoms with Gasteiger partial charge in [-0.3, -0.25) is 4.98 Å². The second-order valence-corrected chi connectivity index (χ2v) is 4.83. The third kappa shape index (κ3) is 2.55. The highest BCUT2D eigenvalue weighted by Crippen LogP contribution is 2.21. The van der Waals surface area contributed by atoms with Crippen LogP contribution in [0.1, 0.15) is 26.6 Å². The van der Waals surface area contributed by atoms with Crippen molar-refractivity contribution in [2.45, 2.75) is 26.2 Å². The Morgan fingerprint density at radius 1 is 1.00 bits per heavy atom. The van der Waals surface area contributed by atoms with Gasteiger partial charge in [-0.15, -0.1) is 0 Å². The van der Waals surface area contributed by atoms with Crippen LogP contribution in [0.5, 0.6) is 0 Å². The van der Waals surface area contributed by atoms with E-state index in [0.717, 1.165) is 5.56 Å². The summed E-state index contributed by atoms with van der Waals surface area (Å²) in [5, 5.41) is 0. The molecule has 0 aliphatic heterocycles. The lowest BCUT2D eigenvalue weighted by Crippen LogP contribution is -2.18. The monoisotopic (exact) mass is 229 g/mol. The Kier molecular flexibility index (Phi) is 2.75. The van der Waals surface area contributed by atoms with Gasteiger partial charge in [0.05, 0.1) is 0 Å². The Balaban J connectivity index is 2.54. The normalized spacial score (nSPS) is 11.5. The van der Waals surface area contributed by atoms with E-state index in [0.29, 0.717) is 11.6 Å². The smallest absolute Gasteiger partial charge is 0.223 e. The Labute approximate surface area is 100 Å². The van der Waals surface area contributed by atoms with Gasteiger partial charge in [0.2, 0.25) is 5.95 Å². The Bertz CT molecular complexity index is 516. The molecular weight excluding hydrogens is 214 g/mol. The molecule has 2 N–H and O–H groups in total. The Morgan fingerprint density at radius 2 is 1.65 bits per heavy atom. The van der Waals surface area contributed by atoms with Gasteiger partial charge in [-0.05, 0) is 12.1 Å². The number of nitrogens with zero attached hydrogens (tertiary/aromatic N) is 4. The average molecular weight is 229 g/mol. The molecule has 0 saturated carbocycles.